The fraction of sp³-hybridized carbons (Fsp3) is 0.364. The average molecular weight is 213 g/mol. The van der Waals surface area contributed by atoms with Gasteiger partial charge in [0, 0.05) is 5.56 Å². The summed E-state index contributed by atoms with van der Waals surface area (Å²) in [7, 11) is 0. The van der Waals surface area contributed by atoms with Crippen LogP contribution in [-0.2, 0) is 6.61 Å². The van der Waals surface area contributed by atoms with Gasteiger partial charge in [0.2, 0.25) is 0 Å². The predicted octanol–water partition coefficient (Wildman–Crippen LogP) is 2.30. The van der Waals surface area contributed by atoms with Crippen molar-refractivity contribution in [1.82, 2.24) is 0 Å². The van der Waals surface area contributed by atoms with Crippen molar-refractivity contribution in [2.45, 2.75) is 25.8 Å². The number of hydrogen-bond donors (Lipinski definition) is 1. The van der Waals surface area contributed by atoms with Crippen LogP contribution in [0.5, 0.6) is 0 Å². The van der Waals surface area contributed by atoms with E-state index in [0.29, 0.717) is 11.1 Å². The molecular formula is C11H13ClO2. The Morgan fingerprint density at radius 3 is 2.71 bits per heavy atom. The summed E-state index contributed by atoms with van der Waals surface area (Å²) in [5.74, 6) is -0.143. The molecule has 0 saturated heterocycles. The molecule has 2 nitrogen and oxygen atoms in total. The second-order valence-corrected chi connectivity index (χ2v) is 3.95. The van der Waals surface area contributed by atoms with Crippen molar-refractivity contribution >= 4 is 17.4 Å². The molecule has 76 valence electrons. The molecule has 1 unspecified atom stereocenters. The summed E-state index contributed by atoms with van der Waals surface area (Å²) in [6.07, 6.45) is 0. The highest BCUT2D eigenvalue weighted by Gasteiger charge is 2.15. The van der Waals surface area contributed by atoms with Gasteiger partial charge in [-0.15, -0.1) is 11.6 Å². The molecule has 1 atom stereocenters. The molecule has 0 saturated carbocycles. The van der Waals surface area contributed by atoms with Crippen LogP contribution in [0.3, 0.4) is 0 Å². The molecule has 0 aliphatic heterocycles. The predicted molar refractivity (Wildman–Crippen MR) is 56.7 cm³/mol. The molecular weight excluding hydrogens is 200 g/mol. The average Bonchev–Trinajstić information content (AvgIpc) is 2.16. The van der Waals surface area contributed by atoms with E-state index in [1.807, 2.05) is 13.0 Å². The number of ketones is 1. The Balaban J connectivity index is 3.14. The molecule has 0 spiro atoms. The maximum Gasteiger partial charge on any atom is 0.180 e. The highest BCUT2D eigenvalue weighted by Crippen LogP contribution is 2.15. The number of aliphatic hydroxyl groups excluding tert-OH is 1. The van der Waals surface area contributed by atoms with E-state index < -0.39 is 5.38 Å². The fourth-order valence-electron chi connectivity index (χ4n) is 1.31. The summed E-state index contributed by atoms with van der Waals surface area (Å²) in [4.78, 5) is 11.6. The molecule has 1 rings (SSSR count). The van der Waals surface area contributed by atoms with E-state index in [9.17, 15) is 4.79 Å². The molecule has 1 aromatic rings. The first-order chi connectivity index (χ1) is 6.56. The highest BCUT2D eigenvalue weighted by atomic mass is 35.5. The van der Waals surface area contributed by atoms with E-state index >= 15 is 0 Å². The summed E-state index contributed by atoms with van der Waals surface area (Å²) in [5.41, 5.74) is 2.18. The normalized spacial score (nSPS) is 12.6. The lowest BCUT2D eigenvalue weighted by atomic mass is 10.0. The molecule has 0 aliphatic rings. The van der Waals surface area contributed by atoms with Crippen LogP contribution in [0.15, 0.2) is 18.2 Å². The highest BCUT2D eigenvalue weighted by molar-refractivity contribution is 6.33. The summed E-state index contributed by atoms with van der Waals surface area (Å²) in [5, 5.41) is 8.53. The lowest BCUT2D eigenvalue weighted by molar-refractivity contribution is 0.0988. The third-order valence-corrected chi connectivity index (χ3v) is 2.26. The molecule has 14 heavy (non-hydrogen) atoms. The molecule has 1 N–H and O–H groups in total. The van der Waals surface area contributed by atoms with Crippen molar-refractivity contribution in [1.29, 1.82) is 0 Å². The van der Waals surface area contributed by atoms with Gasteiger partial charge in [0.25, 0.3) is 0 Å². The number of benzene rings is 1. The monoisotopic (exact) mass is 212 g/mol. The lowest BCUT2D eigenvalue weighted by Crippen LogP contribution is -2.13. The topological polar surface area (TPSA) is 37.3 Å². The van der Waals surface area contributed by atoms with E-state index in [-0.39, 0.29) is 12.4 Å². The van der Waals surface area contributed by atoms with Gasteiger partial charge in [-0.25, -0.2) is 0 Å². The summed E-state index contributed by atoms with van der Waals surface area (Å²) in [6, 6.07) is 5.35. The van der Waals surface area contributed by atoms with Crippen LogP contribution in [-0.4, -0.2) is 16.3 Å². The van der Waals surface area contributed by atoms with Crippen LogP contribution < -0.4 is 0 Å². The SMILES string of the molecule is Cc1ccc(C(=O)C(C)Cl)c(CO)c1. The second-order valence-electron chi connectivity index (χ2n) is 3.30. The van der Waals surface area contributed by atoms with Crippen molar-refractivity contribution in [3.05, 3.63) is 34.9 Å². The first-order valence-electron chi connectivity index (χ1n) is 4.45. The summed E-state index contributed by atoms with van der Waals surface area (Å²) >= 11 is 5.70. The third-order valence-electron chi connectivity index (χ3n) is 2.06. The molecule has 0 heterocycles. The van der Waals surface area contributed by atoms with Crippen molar-refractivity contribution in [3.8, 4) is 0 Å². The van der Waals surface area contributed by atoms with Gasteiger partial charge < -0.3 is 5.11 Å². The number of alkyl halides is 1. The van der Waals surface area contributed by atoms with E-state index in [4.69, 9.17) is 16.7 Å². The number of aryl methyl sites for hydroxylation is 1. The molecule has 0 fully saturated rings. The minimum atomic E-state index is -0.553. The smallest absolute Gasteiger partial charge is 0.180 e. The minimum Gasteiger partial charge on any atom is -0.392 e. The molecule has 0 bridgehead atoms. The van der Waals surface area contributed by atoms with Crippen LogP contribution in [0.25, 0.3) is 0 Å². The van der Waals surface area contributed by atoms with Gasteiger partial charge in [0.15, 0.2) is 5.78 Å². The van der Waals surface area contributed by atoms with E-state index in [0.717, 1.165) is 5.56 Å². The number of halogens is 1. The minimum absolute atomic E-state index is 0.133. The first kappa shape index (κ1) is 11.2. The van der Waals surface area contributed by atoms with Gasteiger partial charge in [-0.05, 0) is 19.4 Å². The quantitative estimate of drug-likeness (QED) is 0.617. The van der Waals surface area contributed by atoms with Crippen molar-refractivity contribution in [2.75, 3.05) is 0 Å². The molecule has 0 aromatic heterocycles. The molecule has 0 radical (unpaired) electrons. The Kier molecular flexibility index (Phi) is 3.67. The molecule has 3 heteroatoms. The van der Waals surface area contributed by atoms with Gasteiger partial charge >= 0.3 is 0 Å². The zero-order valence-corrected chi connectivity index (χ0v) is 9.01. The first-order valence-corrected chi connectivity index (χ1v) is 4.88. The van der Waals surface area contributed by atoms with Crippen molar-refractivity contribution in [2.24, 2.45) is 0 Å². The molecule has 0 amide bonds. The Morgan fingerprint density at radius 2 is 2.21 bits per heavy atom. The van der Waals surface area contributed by atoms with Gasteiger partial charge in [-0.3, -0.25) is 4.79 Å². The zero-order chi connectivity index (χ0) is 10.7. The van der Waals surface area contributed by atoms with Crippen LogP contribution in [0, 0.1) is 6.92 Å². The van der Waals surface area contributed by atoms with E-state index in [1.54, 1.807) is 19.1 Å². The second kappa shape index (κ2) is 4.58. The number of carbonyl (C=O) groups excluding carboxylic acids is 1. The Hall–Kier alpha value is -0.860. The number of Topliss-reactive ketones (excluding diaryl/α,β-unsaturated/α-hetero) is 1. The Bertz CT molecular complexity index is 345. The van der Waals surface area contributed by atoms with Crippen LogP contribution >= 0.6 is 11.6 Å². The third kappa shape index (κ3) is 2.34. The van der Waals surface area contributed by atoms with Crippen molar-refractivity contribution < 1.29 is 9.90 Å². The molecule has 1 aromatic carbocycles. The number of hydrogen-bond acceptors (Lipinski definition) is 2. The Morgan fingerprint density at radius 1 is 1.57 bits per heavy atom. The van der Waals surface area contributed by atoms with Gasteiger partial charge in [0.1, 0.15) is 0 Å². The maximum atomic E-state index is 11.6. The number of rotatable bonds is 3. The molecule has 0 aliphatic carbocycles. The van der Waals surface area contributed by atoms with E-state index in [2.05, 4.69) is 0 Å². The lowest BCUT2D eigenvalue weighted by Gasteiger charge is -2.08. The van der Waals surface area contributed by atoms with E-state index in [1.165, 1.54) is 0 Å². The Labute approximate surface area is 88.5 Å². The van der Waals surface area contributed by atoms with Crippen molar-refractivity contribution in [3.63, 3.8) is 0 Å². The zero-order valence-electron chi connectivity index (χ0n) is 8.25. The summed E-state index contributed by atoms with van der Waals surface area (Å²) in [6.45, 7) is 3.41. The maximum absolute atomic E-state index is 11.6. The largest absolute Gasteiger partial charge is 0.392 e. The van der Waals surface area contributed by atoms with Crippen LogP contribution in [0.1, 0.15) is 28.4 Å². The van der Waals surface area contributed by atoms with Crippen LogP contribution in [0.2, 0.25) is 0 Å². The fourth-order valence-corrected chi connectivity index (χ4v) is 1.43. The number of aliphatic hydroxyl groups is 1. The van der Waals surface area contributed by atoms with Gasteiger partial charge in [-0.1, -0.05) is 23.8 Å². The standard InChI is InChI=1S/C11H13ClO2/c1-7-3-4-10(9(5-7)6-13)11(14)8(2)12/h3-5,8,13H,6H2,1-2H3. The van der Waals surface area contributed by atoms with Gasteiger partial charge in [-0.2, -0.15) is 0 Å². The number of carbonyl (C=O) groups is 1. The summed E-state index contributed by atoms with van der Waals surface area (Å²) < 4.78 is 0. The van der Waals surface area contributed by atoms with Gasteiger partial charge in [0.05, 0.1) is 12.0 Å². The van der Waals surface area contributed by atoms with Crippen LogP contribution in [0.4, 0.5) is 0 Å².